The summed E-state index contributed by atoms with van der Waals surface area (Å²) in [5.74, 6) is 0.375. The monoisotopic (exact) mass is 354 g/mol. The van der Waals surface area contributed by atoms with Crippen LogP contribution in [-0.4, -0.2) is 24.6 Å². The van der Waals surface area contributed by atoms with Crippen LogP contribution in [0.1, 0.15) is 25.0 Å². The second-order valence-corrected chi connectivity index (χ2v) is 7.88. The Labute approximate surface area is 152 Å². The van der Waals surface area contributed by atoms with Crippen LogP contribution in [-0.2, 0) is 15.0 Å². The Morgan fingerprint density at radius 3 is 2.56 bits per heavy atom. The van der Waals surface area contributed by atoms with E-state index in [4.69, 9.17) is 0 Å². The summed E-state index contributed by atoms with van der Waals surface area (Å²) >= 11 is 1.50. The van der Waals surface area contributed by atoms with E-state index in [1.807, 2.05) is 63.2 Å². The molecular weight excluding hydrogens is 332 g/mol. The molecule has 2 amide bonds. The van der Waals surface area contributed by atoms with Crippen molar-refractivity contribution >= 4 is 35.0 Å². The Morgan fingerprint density at radius 2 is 1.88 bits per heavy atom. The van der Waals surface area contributed by atoms with Gasteiger partial charge in [0.15, 0.2) is 0 Å². The van der Waals surface area contributed by atoms with Gasteiger partial charge in [-0.1, -0.05) is 18.2 Å². The van der Waals surface area contributed by atoms with Crippen LogP contribution in [0.2, 0.25) is 0 Å². The Morgan fingerprint density at radius 1 is 1.20 bits per heavy atom. The quantitative estimate of drug-likeness (QED) is 0.845. The lowest BCUT2D eigenvalue weighted by Gasteiger charge is -2.17. The number of fused-ring (bicyclic) bond motifs is 1. The lowest BCUT2D eigenvalue weighted by atomic mass is 9.85. The molecule has 0 aromatic heterocycles. The van der Waals surface area contributed by atoms with E-state index in [-0.39, 0.29) is 11.8 Å². The fourth-order valence-corrected chi connectivity index (χ4v) is 3.99. The van der Waals surface area contributed by atoms with Crippen LogP contribution in [0.25, 0.3) is 0 Å². The molecule has 3 rings (SSSR count). The van der Waals surface area contributed by atoms with E-state index in [1.165, 1.54) is 11.8 Å². The summed E-state index contributed by atoms with van der Waals surface area (Å²) in [5.41, 5.74) is 3.07. The predicted molar refractivity (Wildman–Crippen MR) is 103 cm³/mol. The zero-order chi connectivity index (χ0) is 18.2. The first kappa shape index (κ1) is 17.5. The van der Waals surface area contributed by atoms with Crippen molar-refractivity contribution in [1.82, 2.24) is 0 Å². The molecule has 5 heteroatoms. The minimum atomic E-state index is -0.575. The van der Waals surface area contributed by atoms with Gasteiger partial charge >= 0.3 is 0 Å². The number of benzene rings is 2. The predicted octanol–water partition coefficient (Wildman–Crippen LogP) is 3.98. The van der Waals surface area contributed by atoms with Crippen LogP contribution in [0.5, 0.6) is 0 Å². The average molecular weight is 354 g/mol. The first-order valence-corrected chi connectivity index (χ1v) is 9.20. The van der Waals surface area contributed by atoms with E-state index < -0.39 is 5.41 Å². The Bertz CT molecular complexity index is 831. The second-order valence-electron chi connectivity index (χ2n) is 6.83. The van der Waals surface area contributed by atoms with E-state index >= 15 is 0 Å². The smallest absolute Gasteiger partial charge is 0.236 e. The molecule has 0 fully saturated rings. The molecule has 130 valence electrons. The van der Waals surface area contributed by atoms with Crippen molar-refractivity contribution < 1.29 is 9.59 Å². The summed E-state index contributed by atoms with van der Waals surface area (Å²) in [7, 11) is 1.80. The molecule has 0 saturated carbocycles. The van der Waals surface area contributed by atoms with Crippen molar-refractivity contribution in [2.75, 3.05) is 23.0 Å². The summed E-state index contributed by atoms with van der Waals surface area (Å²) in [6.45, 7) is 5.82. The van der Waals surface area contributed by atoms with Gasteiger partial charge in [-0.25, -0.2) is 0 Å². The van der Waals surface area contributed by atoms with Gasteiger partial charge in [0, 0.05) is 17.6 Å². The third kappa shape index (κ3) is 3.29. The molecular formula is C20H22N2O2S. The number of carbonyl (C=O) groups excluding carboxylic acids is 2. The molecule has 25 heavy (non-hydrogen) atoms. The van der Waals surface area contributed by atoms with E-state index in [9.17, 15) is 9.59 Å². The van der Waals surface area contributed by atoms with Crippen LogP contribution in [0, 0.1) is 6.92 Å². The largest absolute Gasteiger partial charge is 0.325 e. The van der Waals surface area contributed by atoms with Crippen molar-refractivity contribution in [2.24, 2.45) is 0 Å². The highest BCUT2D eigenvalue weighted by molar-refractivity contribution is 8.00. The molecule has 0 atom stereocenters. The van der Waals surface area contributed by atoms with E-state index in [0.717, 1.165) is 27.4 Å². The molecule has 0 radical (unpaired) electrons. The number of thioether (sulfide) groups is 1. The minimum absolute atomic E-state index is 0.0521. The third-order valence-electron chi connectivity index (χ3n) is 4.55. The fraction of sp³-hybridized carbons (Fsp3) is 0.300. The molecule has 0 aliphatic carbocycles. The molecule has 1 heterocycles. The minimum Gasteiger partial charge on any atom is -0.325 e. The van der Waals surface area contributed by atoms with Gasteiger partial charge in [-0.05, 0) is 56.2 Å². The topological polar surface area (TPSA) is 49.4 Å². The molecule has 1 aliphatic heterocycles. The number of anilines is 2. The Kier molecular flexibility index (Phi) is 4.60. The first-order valence-electron chi connectivity index (χ1n) is 8.21. The molecule has 0 unspecified atom stereocenters. The maximum atomic E-state index is 12.5. The van der Waals surface area contributed by atoms with Crippen molar-refractivity contribution in [3.05, 3.63) is 53.6 Å². The van der Waals surface area contributed by atoms with Crippen LogP contribution in [0.4, 0.5) is 11.4 Å². The van der Waals surface area contributed by atoms with Gasteiger partial charge < -0.3 is 10.2 Å². The molecule has 1 aliphatic rings. The standard InChI is InChI=1S/C20H22N2O2S/c1-13-10-14(11-16-18(13)22(4)19(24)20(16,2)3)21-17(23)12-25-15-8-6-5-7-9-15/h5-11H,12H2,1-4H3,(H,21,23). The van der Waals surface area contributed by atoms with Crippen LogP contribution in [0.15, 0.2) is 47.4 Å². The first-order chi connectivity index (χ1) is 11.8. The number of amides is 2. The highest BCUT2D eigenvalue weighted by Crippen LogP contribution is 2.44. The maximum absolute atomic E-state index is 12.5. The lowest BCUT2D eigenvalue weighted by Crippen LogP contribution is -2.33. The van der Waals surface area contributed by atoms with Gasteiger partial charge in [-0.15, -0.1) is 11.8 Å². The van der Waals surface area contributed by atoms with Gasteiger partial charge in [0.25, 0.3) is 0 Å². The number of nitrogens with zero attached hydrogens (tertiary/aromatic N) is 1. The number of hydrogen-bond acceptors (Lipinski definition) is 3. The summed E-state index contributed by atoms with van der Waals surface area (Å²) in [6, 6.07) is 13.7. The van der Waals surface area contributed by atoms with Crippen molar-refractivity contribution in [1.29, 1.82) is 0 Å². The number of aryl methyl sites for hydroxylation is 1. The van der Waals surface area contributed by atoms with E-state index in [2.05, 4.69) is 5.32 Å². The van der Waals surface area contributed by atoms with Crippen LogP contribution in [0.3, 0.4) is 0 Å². The van der Waals surface area contributed by atoms with Crippen LogP contribution >= 0.6 is 11.8 Å². The fourth-order valence-electron chi connectivity index (χ4n) is 3.27. The number of nitrogens with one attached hydrogen (secondary N) is 1. The zero-order valence-electron chi connectivity index (χ0n) is 14.9. The molecule has 1 N–H and O–H groups in total. The average Bonchev–Trinajstić information content (AvgIpc) is 2.75. The van der Waals surface area contributed by atoms with Crippen molar-refractivity contribution in [3.8, 4) is 0 Å². The molecule has 4 nitrogen and oxygen atoms in total. The Balaban J connectivity index is 1.76. The number of hydrogen-bond donors (Lipinski definition) is 1. The van der Waals surface area contributed by atoms with Gasteiger partial charge in [-0.2, -0.15) is 0 Å². The van der Waals surface area contributed by atoms with E-state index in [0.29, 0.717) is 5.75 Å². The van der Waals surface area contributed by atoms with Gasteiger partial charge in [0.05, 0.1) is 16.9 Å². The highest BCUT2D eigenvalue weighted by atomic mass is 32.2. The van der Waals surface area contributed by atoms with Crippen molar-refractivity contribution in [2.45, 2.75) is 31.1 Å². The third-order valence-corrected chi connectivity index (χ3v) is 5.56. The number of carbonyl (C=O) groups is 2. The summed E-state index contributed by atoms with van der Waals surface area (Å²) in [5, 5.41) is 2.96. The highest BCUT2D eigenvalue weighted by Gasteiger charge is 2.43. The number of likely N-dealkylation sites (N-methyl/N-ethyl adjacent to an activating group) is 1. The molecule has 2 aromatic carbocycles. The normalized spacial score (nSPS) is 15.2. The van der Waals surface area contributed by atoms with Gasteiger partial charge in [0.2, 0.25) is 11.8 Å². The van der Waals surface area contributed by atoms with Crippen molar-refractivity contribution in [3.63, 3.8) is 0 Å². The maximum Gasteiger partial charge on any atom is 0.236 e. The lowest BCUT2D eigenvalue weighted by molar-refractivity contribution is -0.121. The zero-order valence-corrected chi connectivity index (χ0v) is 15.7. The second kappa shape index (κ2) is 6.56. The summed E-state index contributed by atoms with van der Waals surface area (Å²) in [4.78, 5) is 27.5. The van der Waals surface area contributed by atoms with Gasteiger partial charge in [-0.3, -0.25) is 9.59 Å². The molecule has 0 spiro atoms. The Hall–Kier alpha value is -2.27. The molecule has 0 bridgehead atoms. The van der Waals surface area contributed by atoms with Crippen LogP contribution < -0.4 is 10.2 Å². The molecule has 2 aromatic rings. The SMILES string of the molecule is Cc1cc(NC(=O)CSc2ccccc2)cc2c1N(C)C(=O)C2(C)C. The van der Waals surface area contributed by atoms with E-state index in [1.54, 1.807) is 11.9 Å². The summed E-state index contributed by atoms with van der Waals surface area (Å²) < 4.78 is 0. The summed E-state index contributed by atoms with van der Waals surface area (Å²) in [6.07, 6.45) is 0. The molecule has 0 saturated heterocycles. The van der Waals surface area contributed by atoms with Gasteiger partial charge in [0.1, 0.15) is 0 Å². The number of rotatable bonds is 4.